The molecule has 0 saturated carbocycles. The second kappa shape index (κ2) is 35.5. The smallest absolute Gasteiger partial charge is 0.128 e. The van der Waals surface area contributed by atoms with E-state index in [4.69, 9.17) is 67.7 Å². The van der Waals surface area contributed by atoms with Gasteiger partial charge in [0, 0.05) is 7.11 Å². The lowest BCUT2D eigenvalue weighted by Gasteiger charge is -2.10. The van der Waals surface area contributed by atoms with Gasteiger partial charge in [0.05, 0.1) is 152 Å². The van der Waals surface area contributed by atoms with Crippen LogP contribution in [0.25, 0.3) is 0 Å². The third kappa shape index (κ3) is 35.4. The fourth-order valence-corrected chi connectivity index (χ4v) is 2.53. The quantitative estimate of drug-likeness (QED) is 0.0707. The highest BCUT2D eigenvalue weighted by molar-refractivity contribution is 4.42. The van der Waals surface area contributed by atoms with Gasteiger partial charge >= 0.3 is 0 Å². The van der Waals surface area contributed by atoms with E-state index in [0.29, 0.717) is 145 Å². The van der Waals surface area contributed by atoms with E-state index in [1.807, 2.05) is 0 Å². The van der Waals surface area contributed by atoms with Crippen LogP contribution in [-0.4, -0.2) is 170 Å². The van der Waals surface area contributed by atoms with Crippen LogP contribution in [0.15, 0.2) is 0 Å². The van der Waals surface area contributed by atoms with Crippen LogP contribution in [0, 0.1) is 0 Å². The van der Waals surface area contributed by atoms with E-state index in [0.717, 1.165) is 0 Å². The molecule has 14 nitrogen and oxygen atoms in total. The Balaban J connectivity index is 3.03. The van der Waals surface area contributed by atoms with Crippen molar-refractivity contribution in [3.05, 3.63) is 0 Å². The van der Waals surface area contributed by atoms with Gasteiger partial charge in [-0.25, -0.2) is 0 Å². The second-order valence-corrected chi connectivity index (χ2v) is 7.70. The average Bonchev–Trinajstić information content (AvgIpc) is 2.95. The van der Waals surface area contributed by atoms with Crippen molar-refractivity contribution >= 4 is 0 Å². The summed E-state index contributed by atoms with van der Waals surface area (Å²) in [6, 6.07) is 0. The fraction of sp³-hybridized carbons (Fsp3) is 1.00. The summed E-state index contributed by atoms with van der Waals surface area (Å²) in [7, 11) is 1.54. The first-order valence-electron chi connectivity index (χ1n) is 13.6. The summed E-state index contributed by atoms with van der Waals surface area (Å²) in [5.41, 5.74) is 5.54. The predicted molar refractivity (Wildman–Crippen MR) is 141 cm³/mol. The number of hydrogen-bond acceptors (Lipinski definition) is 14. The number of aliphatic hydroxyl groups excluding tert-OH is 1. The Bertz CT molecular complexity index is 441. The van der Waals surface area contributed by atoms with Crippen molar-refractivity contribution in [1.82, 2.24) is 0 Å². The topological polar surface area (TPSA) is 157 Å². The molecule has 0 spiro atoms. The molecule has 0 aromatic carbocycles. The minimum atomic E-state index is -0.402. The molecular formula is C25H53NO13. The van der Waals surface area contributed by atoms with Crippen LogP contribution in [-0.2, 0) is 56.8 Å². The number of nitrogens with two attached hydrogens (primary N) is 1. The SMILES string of the molecule is COC(N)COCCOCCOCCOCCOCCOCCOCCOCCOCCOCCOCCO. The van der Waals surface area contributed by atoms with E-state index in [1.165, 1.54) is 7.11 Å². The second-order valence-electron chi connectivity index (χ2n) is 7.70. The molecule has 0 aromatic heterocycles. The van der Waals surface area contributed by atoms with Gasteiger partial charge in [0.15, 0.2) is 0 Å². The maximum Gasteiger partial charge on any atom is 0.128 e. The highest BCUT2D eigenvalue weighted by Crippen LogP contribution is 1.87. The first-order chi connectivity index (χ1) is 19.3. The maximum atomic E-state index is 8.56. The van der Waals surface area contributed by atoms with Gasteiger partial charge in [0.2, 0.25) is 0 Å². The van der Waals surface area contributed by atoms with Crippen LogP contribution in [0.3, 0.4) is 0 Å². The molecule has 1 atom stereocenters. The maximum absolute atomic E-state index is 8.56. The molecule has 3 N–H and O–H groups in total. The number of aliphatic hydroxyl groups is 1. The first kappa shape index (κ1) is 38.4. The third-order valence-corrected chi connectivity index (χ3v) is 4.54. The van der Waals surface area contributed by atoms with Crippen LogP contribution in [0.5, 0.6) is 0 Å². The highest BCUT2D eigenvalue weighted by atomic mass is 16.6. The van der Waals surface area contributed by atoms with Crippen molar-refractivity contribution in [1.29, 1.82) is 0 Å². The van der Waals surface area contributed by atoms with Crippen molar-refractivity contribution in [3.63, 3.8) is 0 Å². The first-order valence-corrected chi connectivity index (χ1v) is 13.6. The normalized spacial score (nSPS) is 12.4. The van der Waals surface area contributed by atoms with Crippen molar-refractivity contribution in [2.24, 2.45) is 5.73 Å². The molecule has 0 bridgehead atoms. The lowest BCUT2D eigenvalue weighted by Crippen LogP contribution is -2.28. The number of hydrogen-bond donors (Lipinski definition) is 2. The average molecular weight is 576 g/mol. The van der Waals surface area contributed by atoms with E-state index in [1.54, 1.807) is 0 Å². The summed E-state index contributed by atoms with van der Waals surface area (Å²) >= 11 is 0. The largest absolute Gasteiger partial charge is 0.394 e. The zero-order valence-electron chi connectivity index (χ0n) is 23.8. The van der Waals surface area contributed by atoms with Crippen LogP contribution >= 0.6 is 0 Å². The van der Waals surface area contributed by atoms with E-state index >= 15 is 0 Å². The highest BCUT2D eigenvalue weighted by Gasteiger charge is 1.99. The van der Waals surface area contributed by atoms with Crippen molar-refractivity contribution in [2.75, 3.05) is 159 Å². The Morgan fingerprint density at radius 1 is 0.385 bits per heavy atom. The number of rotatable bonds is 35. The summed E-state index contributed by atoms with van der Waals surface area (Å²) in [5, 5.41) is 8.56. The molecule has 0 heterocycles. The summed E-state index contributed by atoms with van der Waals surface area (Å²) < 4.78 is 63.9. The Kier molecular flexibility index (Phi) is 35.0. The van der Waals surface area contributed by atoms with Gasteiger partial charge < -0.3 is 67.7 Å². The minimum absolute atomic E-state index is 0.0251. The molecule has 0 saturated heterocycles. The van der Waals surface area contributed by atoms with Crippen LogP contribution in [0.1, 0.15) is 0 Å². The van der Waals surface area contributed by atoms with E-state index in [9.17, 15) is 0 Å². The Labute approximate surface area is 233 Å². The van der Waals surface area contributed by atoms with E-state index in [-0.39, 0.29) is 6.61 Å². The van der Waals surface area contributed by atoms with Gasteiger partial charge in [-0.05, 0) is 0 Å². The zero-order valence-corrected chi connectivity index (χ0v) is 23.8. The van der Waals surface area contributed by atoms with Crippen molar-refractivity contribution in [3.8, 4) is 0 Å². The molecule has 0 rings (SSSR count). The van der Waals surface area contributed by atoms with E-state index in [2.05, 4.69) is 0 Å². The predicted octanol–water partition coefficient (Wildman–Crippen LogP) is -0.907. The summed E-state index contributed by atoms with van der Waals surface area (Å²) in [5.74, 6) is 0. The van der Waals surface area contributed by atoms with Gasteiger partial charge in [-0.15, -0.1) is 0 Å². The van der Waals surface area contributed by atoms with Gasteiger partial charge in [-0.3, -0.25) is 0 Å². The molecule has 0 aromatic rings. The molecule has 0 aliphatic rings. The zero-order chi connectivity index (χ0) is 28.3. The molecule has 0 aliphatic heterocycles. The van der Waals surface area contributed by atoms with Gasteiger partial charge in [0.1, 0.15) is 6.23 Å². The molecule has 236 valence electrons. The van der Waals surface area contributed by atoms with Gasteiger partial charge in [-0.1, -0.05) is 0 Å². The molecule has 1 unspecified atom stereocenters. The van der Waals surface area contributed by atoms with E-state index < -0.39 is 6.23 Å². The Hall–Kier alpha value is -0.560. The van der Waals surface area contributed by atoms with Gasteiger partial charge in [-0.2, -0.15) is 0 Å². The summed E-state index contributed by atoms with van der Waals surface area (Å²) in [6.07, 6.45) is -0.402. The molecule has 39 heavy (non-hydrogen) atoms. The van der Waals surface area contributed by atoms with Crippen molar-refractivity contribution < 1.29 is 61.9 Å². The van der Waals surface area contributed by atoms with Crippen molar-refractivity contribution in [2.45, 2.75) is 6.23 Å². The molecule has 0 aliphatic carbocycles. The molecule has 0 fully saturated rings. The molecular weight excluding hydrogens is 522 g/mol. The third-order valence-electron chi connectivity index (χ3n) is 4.54. The van der Waals surface area contributed by atoms with Gasteiger partial charge in [0.25, 0.3) is 0 Å². The Morgan fingerprint density at radius 3 is 0.795 bits per heavy atom. The Morgan fingerprint density at radius 2 is 0.590 bits per heavy atom. The molecule has 14 heteroatoms. The number of ether oxygens (including phenoxy) is 12. The van der Waals surface area contributed by atoms with Crippen LogP contribution < -0.4 is 5.73 Å². The number of methoxy groups -OCH3 is 1. The monoisotopic (exact) mass is 575 g/mol. The fourth-order valence-electron chi connectivity index (χ4n) is 2.53. The summed E-state index contributed by atoms with van der Waals surface area (Å²) in [4.78, 5) is 0. The standard InChI is InChI=1S/C25H53NO13/c1-28-25(26)24-39-23-22-38-21-20-37-19-18-36-17-16-35-15-14-34-13-12-33-11-10-32-9-8-31-7-6-30-5-4-29-3-2-27/h25,27H,2-24,26H2,1H3. The van der Waals surface area contributed by atoms with Crippen LogP contribution in [0.4, 0.5) is 0 Å². The molecule has 0 radical (unpaired) electrons. The van der Waals surface area contributed by atoms with Crippen LogP contribution in [0.2, 0.25) is 0 Å². The summed E-state index contributed by atoms with van der Waals surface area (Å²) in [6.45, 7) is 10.7. The molecule has 0 amide bonds. The lowest BCUT2D eigenvalue weighted by molar-refractivity contribution is -0.0315. The minimum Gasteiger partial charge on any atom is -0.394 e. The lowest BCUT2D eigenvalue weighted by atomic mass is 10.6.